The van der Waals surface area contributed by atoms with E-state index in [1.165, 1.54) is 10.1 Å². The van der Waals surface area contributed by atoms with Crippen molar-refractivity contribution in [2.45, 2.75) is 13.8 Å². The van der Waals surface area contributed by atoms with Crippen molar-refractivity contribution in [2.24, 2.45) is 0 Å². The van der Waals surface area contributed by atoms with Crippen LogP contribution in [0.5, 0.6) is 17.2 Å². The summed E-state index contributed by atoms with van der Waals surface area (Å²) in [5.41, 5.74) is 3.39. The van der Waals surface area contributed by atoms with Gasteiger partial charge in [-0.3, -0.25) is 0 Å². The van der Waals surface area contributed by atoms with Gasteiger partial charge >= 0.3 is 15.1 Å². The van der Waals surface area contributed by atoms with Crippen LogP contribution in [-0.2, 0) is 0 Å². The van der Waals surface area contributed by atoms with E-state index in [0.717, 1.165) is 59.8 Å². The molecular weight excluding hydrogens is 567 g/mol. The highest BCUT2D eigenvalue weighted by Crippen LogP contribution is 2.44. The fraction of sp³-hybridized carbons (Fsp3) is 0.0556. The SMILES string of the molecule is Cc1ccc2cccc([O][Al]([O]c3cccc4ccc(C)nc34)[O]c3c4ccccc4cc4c3sc3ccccc34)c2n1. The molecule has 0 amide bonds. The van der Waals surface area contributed by atoms with E-state index in [1.807, 2.05) is 68.4 Å². The van der Waals surface area contributed by atoms with Crippen molar-refractivity contribution in [2.75, 3.05) is 0 Å². The van der Waals surface area contributed by atoms with Gasteiger partial charge in [-0.05, 0) is 55.6 Å². The Morgan fingerprint density at radius 1 is 0.535 bits per heavy atom. The van der Waals surface area contributed by atoms with Gasteiger partial charge in [-0.15, -0.1) is 11.3 Å². The van der Waals surface area contributed by atoms with Crippen LogP contribution in [0.15, 0.2) is 115 Å². The minimum Gasteiger partial charge on any atom is -0.576 e. The molecule has 5 nitrogen and oxygen atoms in total. The molecule has 0 aliphatic carbocycles. The van der Waals surface area contributed by atoms with Gasteiger partial charge < -0.3 is 11.4 Å². The van der Waals surface area contributed by atoms with Crippen LogP contribution >= 0.6 is 11.3 Å². The van der Waals surface area contributed by atoms with E-state index in [-0.39, 0.29) is 0 Å². The van der Waals surface area contributed by atoms with E-state index in [0.29, 0.717) is 11.5 Å². The van der Waals surface area contributed by atoms with Crippen LogP contribution in [0, 0.1) is 13.8 Å². The Morgan fingerprint density at radius 2 is 1.12 bits per heavy atom. The maximum Gasteiger partial charge on any atom is 1.20 e. The van der Waals surface area contributed by atoms with Crippen LogP contribution in [0.1, 0.15) is 11.4 Å². The number of pyridine rings is 2. The third-order valence-electron chi connectivity index (χ3n) is 7.65. The lowest BCUT2D eigenvalue weighted by Gasteiger charge is -2.20. The fourth-order valence-corrected chi connectivity index (χ4v) is 8.25. The van der Waals surface area contributed by atoms with Gasteiger partial charge in [-0.2, -0.15) is 0 Å². The third-order valence-corrected chi connectivity index (χ3v) is 10.2. The lowest BCUT2D eigenvalue weighted by Crippen LogP contribution is -2.37. The average Bonchev–Trinajstić information content (AvgIpc) is 3.40. The number of aryl methyl sites for hydroxylation is 2. The second kappa shape index (κ2) is 10.6. The zero-order valence-electron chi connectivity index (χ0n) is 23.6. The van der Waals surface area contributed by atoms with Crippen LogP contribution in [0.2, 0.25) is 0 Å². The summed E-state index contributed by atoms with van der Waals surface area (Å²) in [7, 11) is 0. The second-order valence-corrected chi connectivity index (χ2v) is 12.9. The molecule has 7 heteroatoms. The maximum absolute atomic E-state index is 6.99. The Labute approximate surface area is 257 Å². The van der Waals surface area contributed by atoms with Gasteiger partial charge in [-0.1, -0.05) is 78.9 Å². The molecule has 8 aromatic rings. The standard InChI is InChI=1S/C16H10OS.2C10H9NO.Al/c17-15-11-6-2-1-5-10(11)9-13-12-7-3-4-8-14(12)18-16(13)15;2*1-7-5-6-8-3-2-4-9(12)10(8)11-7;/h1-9,17H;2*2-6,12H,1H3;/q;;;+3/p-3. The number of para-hydroxylation sites is 2. The third kappa shape index (κ3) is 4.72. The minimum atomic E-state index is -2.99. The molecule has 0 bridgehead atoms. The quantitative estimate of drug-likeness (QED) is 0.180. The van der Waals surface area contributed by atoms with Gasteiger partial charge in [0.1, 0.15) is 28.3 Å². The van der Waals surface area contributed by atoms with Crippen molar-refractivity contribution in [3.63, 3.8) is 0 Å². The Balaban J connectivity index is 1.32. The summed E-state index contributed by atoms with van der Waals surface area (Å²) in [4.78, 5) is 9.62. The Bertz CT molecular complexity index is 2250. The van der Waals surface area contributed by atoms with Crippen LogP contribution in [0.3, 0.4) is 0 Å². The molecule has 3 heterocycles. The Kier molecular flexibility index (Phi) is 6.38. The van der Waals surface area contributed by atoms with Crippen LogP contribution in [0.4, 0.5) is 0 Å². The predicted octanol–water partition coefficient (Wildman–Crippen LogP) is 9.44. The lowest BCUT2D eigenvalue weighted by atomic mass is 10.1. The topological polar surface area (TPSA) is 53.5 Å². The first kappa shape index (κ1) is 26.0. The number of hydrogen-bond donors (Lipinski definition) is 0. The number of thiophene rings is 1. The molecule has 8 rings (SSSR count). The van der Waals surface area contributed by atoms with Crippen LogP contribution in [-0.4, -0.2) is 25.1 Å². The normalized spacial score (nSPS) is 11.5. The summed E-state index contributed by atoms with van der Waals surface area (Å²) in [5.74, 6) is 2.05. The monoisotopic (exact) mass is 592 g/mol. The van der Waals surface area contributed by atoms with Gasteiger partial charge in [0.25, 0.3) is 0 Å². The van der Waals surface area contributed by atoms with E-state index in [4.69, 9.17) is 21.3 Å². The summed E-state index contributed by atoms with van der Waals surface area (Å²) in [6.45, 7) is 3.97. The number of benzene rings is 5. The van der Waals surface area contributed by atoms with E-state index >= 15 is 0 Å². The molecule has 0 saturated carbocycles. The Hall–Kier alpha value is -4.67. The van der Waals surface area contributed by atoms with Gasteiger partial charge in [0.2, 0.25) is 0 Å². The molecule has 0 aliphatic heterocycles. The van der Waals surface area contributed by atoms with Gasteiger partial charge in [0.15, 0.2) is 0 Å². The van der Waals surface area contributed by atoms with E-state index in [1.54, 1.807) is 11.3 Å². The van der Waals surface area contributed by atoms with E-state index in [9.17, 15) is 0 Å². The van der Waals surface area contributed by atoms with Gasteiger partial charge in [-0.25, -0.2) is 9.97 Å². The summed E-state index contributed by atoms with van der Waals surface area (Å²) in [6, 6.07) is 39.1. The van der Waals surface area contributed by atoms with Crippen molar-refractivity contribution < 1.29 is 11.4 Å². The first-order valence-electron chi connectivity index (χ1n) is 14.2. The fourth-order valence-electron chi connectivity index (χ4n) is 5.60. The van der Waals surface area contributed by atoms with E-state index < -0.39 is 15.1 Å². The molecule has 5 aromatic carbocycles. The number of hydrogen-bond acceptors (Lipinski definition) is 6. The summed E-state index contributed by atoms with van der Waals surface area (Å²) in [5, 5.41) is 6.48. The van der Waals surface area contributed by atoms with Crippen molar-refractivity contribution in [3.05, 3.63) is 127 Å². The maximum atomic E-state index is 6.99. The molecule has 0 aliphatic rings. The zero-order valence-corrected chi connectivity index (χ0v) is 25.5. The minimum absolute atomic E-state index is 0.634. The smallest absolute Gasteiger partial charge is 0.576 e. The highest BCUT2D eigenvalue weighted by molar-refractivity contribution is 7.26. The molecule has 43 heavy (non-hydrogen) atoms. The lowest BCUT2D eigenvalue weighted by molar-refractivity contribution is 0.313. The number of aromatic nitrogens is 2. The predicted molar refractivity (Wildman–Crippen MR) is 177 cm³/mol. The van der Waals surface area contributed by atoms with E-state index in [2.05, 4.69) is 60.7 Å². The van der Waals surface area contributed by atoms with Crippen LogP contribution < -0.4 is 11.4 Å². The molecule has 0 radical (unpaired) electrons. The Morgan fingerprint density at radius 3 is 1.79 bits per heavy atom. The molecule has 3 aromatic heterocycles. The van der Waals surface area contributed by atoms with Crippen LogP contribution in [0.25, 0.3) is 52.8 Å². The summed E-state index contributed by atoms with van der Waals surface area (Å²) in [6.07, 6.45) is 0. The second-order valence-electron chi connectivity index (χ2n) is 10.6. The largest absolute Gasteiger partial charge is 1.20 e. The number of fused-ring (bicyclic) bond motifs is 6. The number of rotatable bonds is 6. The molecule has 206 valence electrons. The molecule has 0 N–H and O–H groups in total. The summed E-state index contributed by atoms with van der Waals surface area (Å²) < 4.78 is 22.8. The van der Waals surface area contributed by atoms with Crippen molar-refractivity contribution in [1.82, 2.24) is 9.97 Å². The van der Waals surface area contributed by atoms with Gasteiger partial charge in [0, 0.05) is 43.0 Å². The van der Waals surface area contributed by atoms with Gasteiger partial charge in [0.05, 0.1) is 4.70 Å². The first-order valence-corrected chi connectivity index (χ1v) is 16.4. The van der Waals surface area contributed by atoms with Crippen molar-refractivity contribution in [1.29, 1.82) is 0 Å². The first-order chi connectivity index (χ1) is 21.1. The summed E-state index contributed by atoms with van der Waals surface area (Å²) >= 11 is -1.27. The van der Waals surface area contributed by atoms with Crippen molar-refractivity contribution >= 4 is 79.2 Å². The highest BCUT2D eigenvalue weighted by atomic mass is 32.1. The molecule has 0 fully saturated rings. The molecular formula is C36H25AlN2O3S. The molecule has 0 saturated heterocycles. The molecule has 0 atom stereocenters. The zero-order chi connectivity index (χ0) is 28.9. The highest BCUT2D eigenvalue weighted by Gasteiger charge is 2.46. The number of nitrogens with zero attached hydrogens (tertiary/aromatic N) is 2. The van der Waals surface area contributed by atoms with Crippen molar-refractivity contribution in [3.8, 4) is 17.2 Å². The average molecular weight is 593 g/mol. The molecule has 0 unspecified atom stereocenters. The molecule has 0 spiro atoms.